The Bertz CT molecular complexity index is 662. The van der Waals surface area contributed by atoms with E-state index in [1.165, 1.54) is 0 Å². The van der Waals surface area contributed by atoms with Crippen LogP contribution in [0.3, 0.4) is 0 Å². The molecule has 0 aromatic heterocycles. The molecule has 0 aliphatic rings. The Morgan fingerprint density at radius 3 is 2.53 bits per heavy atom. The van der Waals surface area contributed by atoms with E-state index >= 15 is 0 Å². The van der Waals surface area contributed by atoms with Crippen LogP contribution in [0.1, 0.15) is 15.9 Å². The average molecular weight is 336 g/mol. The molecule has 0 atom stereocenters. The van der Waals surface area contributed by atoms with Crippen molar-refractivity contribution in [3.05, 3.63) is 63.1 Å². The van der Waals surface area contributed by atoms with E-state index in [1.54, 1.807) is 42.5 Å². The lowest BCUT2D eigenvalue weighted by Crippen LogP contribution is -2.12. The highest BCUT2D eigenvalue weighted by atomic mass is 79.9. The summed E-state index contributed by atoms with van der Waals surface area (Å²) in [5.41, 5.74) is 1.28. The normalized spacial score (nSPS) is 9.74. The molecule has 94 valence electrons. The lowest BCUT2D eigenvalue weighted by atomic mass is 10.1. The van der Waals surface area contributed by atoms with Gasteiger partial charge in [-0.3, -0.25) is 4.79 Å². The highest BCUT2D eigenvalue weighted by Crippen LogP contribution is 2.21. The van der Waals surface area contributed by atoms with Crippen LogP contribution in [-0.2, 0) is 0 Å². The summed E-state index contributed by atoms with van der Waals surface area (Å²) in [4.78, 5) is 12.0. The predicted molar refractivity (Wildman–Crippen MR) is 78.3 cm³/mol. The molecular weight excluding hydrogens is 328 g/mol. The van der Waals surface area contributed by atoms with Crippen LogP contribution in [-0.4, -0.2) is 5.91 Å². The van der Waals surface area contributed by atoms with Gasteiger partial charge in [0.05, 0.1) is 11.3 Å². The summed E-state index contributed by atoms with van der Waals surface area (Å²) in [7, 11) is 0. The number of rotatable bonds is 2. The number of carbonyl (C=O) groups is 1. The second-order valence-electron chi connectivity index (χ2n) is 3.76. The highest BCUT2D eigenvalue weighted by molar-refractivity contribution is 9.10. The van der Waals surface area contributed by atoms with Crippen LogP contribution in [0.15, 0.2) is 46.9 Å². The molecule has 5 heteroatoms. The lowest BCUT2D eigenvalue weighted by Gasteiger charge is -2.07. The van der Waals surface area contributed by atoms with Crippen molar-refractivity contribution in [1.29, 1.82) is 5.26 Å². The van der Waals surface area contributed by atoms with Crippen LogP contribution < -0.4 is 5.32 Å². The number of benzene rings is 2. The molecule has 2 aromatic carbocycles. The van der Waals surface area contributed by atoms with Crippen molar-refractivity contribution >= 4 is 39.1 Å². The third-order valence-corrected chi connectivity index (χ3v) is 3.22. The molecule has 0 heterocycles. The number of carbonyl (C=O) groups excluding carboxylic acids is 1. The highest BCUT2D eigenvalue weighted by Gasteiger charge is 2.09. The average Bonchev–Trinajstić information content (AvgIpc) is 2.39. The zero-order chi connectivity index (χ0) is 13.8. The first-order valence-corrected chi connectivity index (χ1v) is 6.54. The molecule has 3 nitrogen and oxygen atoms in total. The smallest absolute Gasteiger partial charge is 0.255 e. The topological polar surface area (TPSA) is 52.9 Å². The van der Waals surface area contributed by atoms with Crippen LogP contribution in [0.2, 0.25) is 5.02 Å². The second kappa shape index (κ2) is 5.87. The maximum atomic E-state index is 12.0. The molecule has 0 spiro atoms. The number of anilines is 1. The van der Waals surface area contributed by atoms with Gasteiger partial charge in [0.15, 0.2) is 0 Å². The number of nitrogens with zero attached hydrogens (tertiary/aromatic N) is 1. The maximum absolute atomic E-state index is 12.0. The van der Waals surface area contributed by atoms with Crippen LogP contribution in [0.5, 0.6) is 0 Å². The van der Waals surface area contributed by atoms with E-state index in [4.69, 9.17) is 16.9 Å². The van der Waals surface area contributed by atoms with E-state index in [0.717, 1.165) is 4.47 Å². The van der Waals surface area contributed by atoms with Gasteiger partial charge in [0.25, 0.3) is 5.91 Å². The molecule has 0 aliphatic carbocycles. The summed E-state index contributed by atoms with van der Waals surface area (Å²) in [6.45, 7) is 0. The van der Waals surface area contributed by atoms with E-state index in [0.29, 0.717) is 21.8 Å². The molecule has 0 bridgehead atoms. The van der Waals surface area contributed by atoms with Crippen LogP contribution >= 0.6 is 27.5 Å². The van der Waals surface area contributed by atoms with Crippen molar-refractivity contribution in [3.63, 3.8) is 0 Å². The number of hydrogen-bond donors (Lipinski definition) is 1. The number of halogens is 2. The van der Waals surface area contributed by atoms with Crippen molar-refractivity contribution in [1.82, 2.24) is 0 Å². The minimum absolute atomic E-state index is 0.286. The molecule has 1 N–H and O–H groups in total. The summed E-state index contributed by atoms with van der Waals surface area (Å²) in [6, 6.07) is 13.7. The van der Waals surface area contributed by atoms with Crippen molar-refractivity contribution in [2.24, 2.45) is 0 Å². The van der Waals surface area contributed by atoms with E-state index in [1.807, 2.05) is 6.07 Å². The van der Waals surface area contributed by atoms with Gasteiger partial charge in [0.1, 0.15) is 6.07 Å². The third kappa shape index (κ3) is 3.34. The quantitative estimate of drug-likeness (QED) is 0.893. The predicted octanol–water partition coefficient (Wildman–Crippen LogP) is 4.23. The number of nitriles is 1. The summed E-state index contributed by atoms with van der Waals surface area (Å²) in [6.07, 6.45) is 0. The van der Waals surface area contributed by atoms with Crippen LogP contribution in [0, 0.1) is 11.3 Å². The molecule has 2 rings (SSSR count). The van der Waals surface area contributed by atoms with Crippen molar-refractivity contribution in [3.8, 4) is 6.07 Å². The number of hydrogen-bond acceptors (Lipinski definition) is 2. The fourth-order valence-corrected chi connectivity index (χ4v) is 1.95. The van der Waals surface area contributed by atoms with E-state index in [-0.39, 0.29) is 5.91 Å². The van der Waals surface area contributed by atoms with Gasteiger partial charge in [0, 0.05) is 15.1 Å². The Morgan fingerprint density at radius 1 is 1.21 bits per heavy atom. The van der Waals surface area contributed by atoms with Crippen molar-refractivity contribution in [2.75, 3.05) is 5.32 Å². The van der Waals surface area contributed by atoms with E-state index in [2.05, 4.69) is 21.2 Å². The van der Waals surface area contributed by atoms with Gasteiger partial charge in [-0.25, -0.2) is 0 Å². The van der Waals surface area contributed by atoms with Gasteiger partial charge >= 0.3 is 0 Å². The lowest BCUT2D eigenvalue weighted by molar-refractivity contribution is 0.102. The standard InChI is InChI=1S/C14H8BrClN2O/c15-11-4-1-9(2-5-11)14(19)18-13-7-12(16)6-3-10(13)8-17/h1-7H,(H,18,19). The third-order valence-electron chi connectivity index (χ3n) is 2.46. The monoisotopic (exact) mass is 334 g/mol. The van der Waals surface area contributed by atoms with Gasteiger partial charge < -0.3 is 5.32 Å². The molecule has 0 unspecified atom stereocenters. The number of amides is 1. The van der Waals surface area contributed by atoms with Crippen LogP contribution in [0.4, 0.5) is 5.69 Å². The zero-order valence-electron chi connectivity index (χ0n) is 9.65. The fraction of sp³-hybridized carbons (Fsp3) is 0. The molecule has 0 saturated carbocycles. The zero-order valence-corrected chi connectivity index (χ0v) is 12.0. The van der Waals surface area contributed by atoms with Crippen LogP contribution in [0.25, 0.3) is 0 Å². The van der Waals surface area contributed by atoms with E-state index in [9.17, 15) is 4.79 Å². The Labute approximate surface area is 123 Å². The van der Waals surface area contributed by atoms with Gasteiger partial charge in [-0.15, -0.1) is 0 Å². The minimum atomic E-state index is -0.286. The Kier molecular flexibility index (Phi) is 4.20. The summed E-state index contributed by atoms with van der Waals surface area (Å²) in [5, 5.41) is 12.1. The Balaban J connectivity index is 2.26. The summed E-state index contributed by atoms with van der Waals surface area (Å²) >= 11 is 9.16. The summed E-state index contributed by atoms with van der Waals surface area (Å²) < 4.78 is 0.893. The van der Waals surface area contributed by atoms with Crippen molar-refractivity contribution < 1.29 is 4.79 Å². The van der Waals surface area contributed by atoms with Gasteiger partial charge in [-0.1, -0.05) is 27.5 Å². The first-order valence-electron chi connectivity index (χ1n) is 5.37. The molecule has 0 saturated heterocycles. The Morgan fingerprint density at radius 2 is 1.89 bits per heavy atom. The molecule has 0 radical (unpaired) electrons. The fourth-order valence-electron chi connectivity index (χ4n) is 1.51. The molecule has 0 fully saturated rings. The summed E-state index contributed by atoms with van der Waals surface area (Å²) in [5.74, 6) is -0.286. The molecule has 19 heavy (non-hydrogen) atoms. The van der Waals surface area contributed by atoms with E-state index < -0.39 is 0 Å². The number of nitrogens with one attached hydrogen (secondary N) is 1. The molecule has 1 amide bonds. The second-order valence-corrected chi connectivity index (χ2v) is 5.11. The molecule has 0 aliphatic heterocycles. The largest absolute Gasteiger partial charge is 0.321 e. The first-order chi connectivity index (χ1) is 9.10. The SMILES string of the molecule is N#Cc1ccc(Cl)cc1NC(=O)c1ccc(Br)cc1. The van der Waals surface area contributed by atoms with Crippen molar-refractivity contribution in [2.45, 2.75) is 0 Å². The maximum Gasteiger partial charge on any atom is 0.255 e. The van der Waals surface area contributed by atoms with Gasteiger partial charge in [-0.05, 0) is 42.5 Å². The Hall–Kier alpha value is -1.83. The van der Waals surface area contributed by atoms with Gasteiger partial charge in [-0.2, -0.15) is 5.26 Å². The first kappa shape index (κ1) is 13.6. The molecular formula is C14H8BrClN2O. The molecule has 2 aromatic rings. The van der Waals surface area contributed by atoms with Gasteiger partial charge in [0.2, 0.25) is 0 Å². The minimum Gasteiger partial charge on any atom is -0.321 e.